The lowest BCUT2D eigenvalue weighted by Gasteiger charge is -2.17. The zero-order chi connectivity index (χ0) is 23.7. The zero-order valence-corrected chi connectivity index (χ0v) is 19.1. The van der Waals surface area contributed by atoms with E-state index in [1.165, 1.54) is 0 Å². The Morgan fingerprint density at radius 2 is 2.00 bits per heavy atom. The van der Waals surface area contributed by atoms with Crippen molar-refractivity contribution in [1.82, 2.24) is 14.1 Å². The Labute approximate surface area is 191 Å². The maximum absolute atomic E-state index is 13.9. The average Bonchev–Trinajstić information content (AvgIpc) is 3.35. The number of aliphatic carboxylic acids is 1. The fraction of sp³-hybridized carbons (Fsp3) is 0.346. The maximum Gasteiger partial charge on any atom is 0.329 e. The van der Waals surface area contributed by atoms with Crippen LogP contribution in [0.15, 0.2) is 47.4 Å². The molecule has 2 atom stereocenters. The van der Waals surface area contributed by atoms with Crippen molar-refractivity contribution < 1.29 is 9.90 Å². The van der Waals surface area contributed by atoms with E-state index in [9.17, 15) is 20.0 Å². The number of benzene rings is 2. The second-order valence-corrected chi connectivity index (χ2v) is 8.65. The first-order chi connectivity index (χ1) is 15.9. The van der Waals surface area contributed by atoms with Crippen LogP contribution in [0.3, 0.4) is 0 Å². The predicted molar refractivity (Wildman–Crippen MR) is 129 cm³/mol. The number of hydrogen-bond donors (Lipinski definition) is 2. The lowest BCUT2D eigenvalue weighted by molar-refractivity contribution is -0.137. The number of nitriles is 1. The lowest BCUT2D eigenvalue weighted by Crippen LogP contribution is -2.30. The summed E-state index contributed by atoms with van der Waals surface area (Å²) in [4.78, 5) is 28.8. The number of H-pyrrole nitrogens is 1. The summed E-state index contributed by atoms with van der Waals surface area (Å²) in [6, 6.07) is 12.6. The molecule has 2 aromatic heterocycles. The Kier molecular flexibility index (Phi) is 6.10. The molecule has 0 radical (unpaired) electrons. The highest BCUT2D eigenvalue weighted by molar-refractivity contribution is 5.87. The van der Waals surface area contributed by atoms with Crippen molar-refractivity contribution in [3.8, 4) is 6.07 Å². The molecule has 0 saturated heterocycles. The van der Waals surface area contributed by atoms with Gasteiger partial charge in [0.15, 0.2) is 0 Å². The molecule has 4 rings (SSSR count). The van der Waals surface area contributed by atoms with Crippen LogP contribution in [0, 0.1) is 18.3 Å². The van der Waals surface area contributed by atoms with E-state index in [2.05, 4.69) is 11.1 Å². The van der Waals surface area contributed by atoms with Gasteiger partial charge in [-0.2, -0.15) is 5.26 Å². The summed E-state index contributed by atoms with van der Waals surface area (Å²) in [6.45, 7) is 6.07. The molecule has 170 valence electrons. The van der Waals surface area contributed by atoms with Crippen LogP contribution in [0.25, 0.3) is 21.9 Å². The smallest absolute Gasteiger partial charge is 0.329 e. The lowest BCUT2D eigenvalue weighted by atomic mass is 10.0. The summed E-state index contributed by atoms with van der Waals surface area (Å²) in [7, 11) is 0. The highest BCUT2D eigenvalue weighted by Gasteiger charge is 2.26. The van der Waals surface area contributed by atoms with Gasteiger partial charge in [-0.05, 0) is 50.1 Å². The van der Waals surface area contributed by atoms with E-state index in [0.29, 0.717) is 23.0 Å². The number of nitrogens with one attached hydrogen (secondary N) is 1. The molecule has 0 aliphatic carbocycles. The normalized spacial score (nSPS) is 13.3. The van der Waals surface area contributed by atoms with Crippen LogP contribution in [0.1, 0.15) is 68.3 Å². The first-order valence-electron chi connectivity index (χ1n) is 11.3. The van der Waals surface area contributed by atoms with Gasteiger partial charge < -0.3 is 10.1 Å². The number of aromatic nitrogens is 3. The second kappa shape index (κ2) is 8.99. The number of carboxylic acids is 1. The Hall–Kier alpha value is -3.79. The largest absolute Gasteiger partial charge is 0.481 e. The number of fused-ring (bicyclic) bond motifs is 2. The van der Waals surface area contributed by atoms with Gasteiger partial charge >= 0.3 is 11.7 Å². The molecule has 7 nitrogen and oxygen atoms in total. The van der Waals surface area contributed by atoms with E-state index in [4.69, 9.17) is 0 Å². The van der Waals surface area contributed by atoms with E-state index in [0.717, 1.165) is 34.9 Å². The number of rotatable bonds is 8. The summed E-state index contributed by atoms with van der Waals surface area (Å²) in [5.74, 6) is -0.944. The highest BCUT2D eigenvalue weighted by Crippen LogP contribution is 2.32. The molecule has 0 saturated carbocycles. The van der Waals surface area contributed by atoms with Crippen molar-refractivity contribution in [3.05, 3.63) is 69.8 Å². The molecule has 2 aromatic carbocycles. The van der Waals surface area contributed by atoms with Crippen LogP contribution in [0.4, 0.5) is 0 Å². The number of aryl methyl sites for hydroxylation is 1. The van der Waals surface area contributed by atoms with Crippen LogP contribution < -0.4 is 5.69 Å². The molecule has 0 bridgehead atoms. The van der Waals surface area contributed by atoms with E-state index in [1.807, 2.05) is 45.2 Å². The predicted octanol–water partition coefficient (Wildman–Crippen LogP) is 5.28. The van der Waals surface area contributed by atoms with Crippen LogP contribution in [0.5, 0.6) is 0 Å². The monoisotopic (exact) mass is 444 g/mol. The zero-order valence-electron chi connectivity index (χ0n) is 19.1. The summed E-state index contributed by atoms with van der Waals surface area (Å²) in [6.07, 6.45) is 4.09. The van der Waals surface area contributed by atoms with Gasteiger partial charge in [0.1, 0.15) is 0 Å². The first kappa shape index (κ1) is 22.4. The Balaban J connectivity index is 1.97. The summed E-state index contributed by atoms with van der Waals surface area (Å²) in [5.41, 5.74) is 4.60. The second-order valence-electron chi connectivity index (χ2n) is 8.65. The van der Waals surface area contributed by atoms with Crippen LogP contribution >= 0.6 is 0 Å². The molecule has 33 heavy (non-hydrogen) atoms. The van der Waals surface area contributed by atoms with Crippen molar-refractivity contribution in [2.45, 2.75) is 58.5 Å². The number of nitrogens with zero attached hydrogens (tertiary/aromatic N) is 3. The molecule has 4 aromatic rings. The molecule has 0 aliphatic heterocycles. The Bertz CT molecular complexity index is 1430. The molecule has 0 spiro atoms. The molecule has 2 heterocycles. The van der Waals surface area contributed by atoms with Crippen molar-refractivity contribution in [2.24, 2.45) is 0 Å². The Morgan fingerprint density at radius 3 is 2.70 bits per heavy atom. The van der Waals surface area contributed by atoms with Gasteiger partial charge in [-0.1, -0.05) is 31.9 Å². The van der Waals surface area contributed by atoms with Crippen LogP contribution in [-0.4, -0.2) is 25.2 Å². The number of carbonyl (C=O) groups is 1. The minimum absolute atomic E-state index is 0.142. The van der Waals surface area contributed by atoms with Gasteiger partial charge in [0, 0.05) is 28.7 Å². The number of unbranched alkanes of at least 4 members (excludes halogenated alkanes) is 1. The van der Waals surface area contributed by atoms with Gasteiger partial charge in [0.05, 0.1) is 35.1 Å². The molecule has 2 unspecified atom stereocenters. The quantitative estimate of drug-likeness (QED) is 0.386. The van der Waals surface area contributed by atoms with Crippen molar-refractivity contribution >= 4 is 27.9 Å². The minimum atomic E-state index is -0.944. The fourth-order valence-electron chi connectivity index (χ4n) is 4.87. The van der Waals surface area contributed by atoms with E-state index < -0.39 is 12.0 Å². The molecule has 0 fully saturated rings. The highest BCUT2D eigenvalue weighted by atomic mass is 16.4. The summed E-state index contributed by atoms with van der Waals surface area (Å²) < 4.78 is 3.32. The number of carboxylic acid groups (broad SMARTS) is 1. The van der Waals surface area contributed by atoms with Crippen molar-refractivity contribution in [1.29, 1.82) is 5.26 Å². The van der Waals surface area contributed by atoms with E-state index >= 15 is 0 Å². The van der Waals surface area contributed by atoms with E-state index in [-0.39, 0.29) is 18.2 Å². The number of imidazole rings is 1. The first-order valence-corrected chi connectivity index (χ1v) is 11.3. The number of aromatic amines is 1. The van der Waals surface area contributed by atoms with Crippen molar-refractivity contribution in [2.75, 3.05) is 0 Å². The summed E-state index contributed by atoms with van der Waals surface area (Å²) in [5, 5.41) is 20.1. The van der Waals surface area contributed by atoms with Crippen LogP contribution in [0.2, 0.25) is 0 Å². The summed E-state index contributed by atoms with van der Waals surface area (Å²) >= 11 is 0. The Morgan fingerprint density at radius 1 is 1.21 bits per heavy atom. The van der Waals surface area contributed by atoms with E-state index in [1.54, 1.807) is 27.3 Å². The molecule has 7 heteroatoms. The van der Waals surface area contributed by atoms with Gasteiger partial charge in [0.25, 0.3) is 0 Å². The van der Waals surface area contributed by atoms with Gasteiger partial charge in [0.2, 0.25) is 0 Å². The standard InChI is InChI=1S/C26H28N4O3/c1-4-5-8-19(13-24(31)32)30-23-12-18(14-27)10-11-22(23)29(26(30)33)17(3)20-15-28-21-9-6-7-16(2)25(20)21/h6-7,9-12,15,17,19,28H,4-5,8,13H2,1-3H3,(H,31,32). The van der Waals surface area contributed by atoms with Gasteiger partial charge in [-0.3, -0.25) is 13.9 Å². The molecular weight excluding hydrogens is 416 g/mol. The molecule has 0 amide bonds. The SMILES string of the molecule is CCCCC(CC(=O)O)n1c(=O)n(C(C)c2c[nH]c3cccc(C)c23)c2ccc(C#N)cc21. The van der Waals surface area contributed by atoms with Crippen molar-refractivity contribution in [3.63, 3.8) is 0 Å². The average molecular weight is 445 g/mol. The third-order valence-corrected chi connectivity index (χ3v) is 6.48. The van der Waals surface area contributed by atoms with Gasteiger partial charge in [-0.15, -0.1) is 0 Å². The molecular formula is C26H28N4O3. The fourth-order valence-corrected chi connectivity index (χ4v) is 4.87. The molecule has 0 aliphatic rings. The van der Waals surface area contributed by atoms with Crippen LogP contribution in [-0.2, 0) is 4.79 Å². The third kappa shape index (κ3) is 3.93. The topological polar surface area (TPSA) is 104 Å². The number of hydrogen-bond acceptors (Lipinski definition) is 3. The minimum Gasteiger partial charge on any atom is -0.481 e. The third-order valence-electron chi connectivity index (χ3n) is 6.48. The maximum atomic E-state index is 13.9. The van der Waals surface area contributed by atoms with Gasteiger partial charge in [-0.25, -0.2) is 4.79 Å². The molecule has 2 N–H and O–H groups in total.